The lowest BCUT2D eigenvalue weighted by atomic mass is 9.65. The summed E-state index contributed by atoms with van der Waals surface area (Å²) in [6.45, 7) is 0. The minimum Gasteiger partial charge on any atom is -0.456 e. The lowest BCUT2D eigenvalue weighted by molar-refractivity contribution is 0.442. The van der Waals surface area contributed by atoms with E-state index in [0.717, 1.165) is 50.1 Å². The molecule has 48 heavy (non-hydrogen) atoms. The van der Waals surface area contributed by atoms with Crippen molar-refractivity contribution in [3.8, 4) is 56.8 Å². The molecule has 1 aliphatic heterocycles. The van der Waals surface area contributed by atoms with Gasteiger partial charge in [0.25, 0.3) is 0 Å². The number of fused-ring (bicyclic) bond motifs is 11. The average molecular weight is 614 g/mol. The number of benzene rings is 7. The third-order valence-electron chi connectivity index (χ3n) is 9.79. The van der Waals surface area contributed by atoms with Gasteiger partial charge in [0, 0.05) is 33.2 Å². The van der Waals surface area contributed by atoms with Crippen molar-refractivity contribution in [1.82, 2.24) is 15.0 Å². The van der Waals surface area contributed by atoms with Crippen LogP contribution in [0.2, 0.25) is 0 Å². The number of rotatable bonds is 3. The predicted octanol–water partition coefficient (Wildman–Crippen LogP) is 10.5. The SMILES string of the molecule is c1ccc(-c2nc(-c3ccccc3)nc(-c3ccc4c(c3)C3(c5ccccc5-c5ccccc53)c3ccc5ccccc5c3O4)n2)cc1. The van der Waals surface area contributed by atoms with Crippen LogP contribution in [0.15, 0.2) is 164 Å². The van der Waals surface area contributed by atoms with Crippen molar-refractivity contribution in [3.05, 3.63) is 186 Å². The number of hydrogen-bond donors (Lipinski definition) is 0. The van der Waals surface area contributed by atoms with E-state index in [1.165, 1.54) is 22.3 Å². The molecule has 224 valence electrons. The van der Waals surface area contributed by atoms with Crippen molar-refractivity contribution in [3.63, 3.8) is 0 Å². The van der Waals surface area contributed by atoms with Gasteiger partial charge in [-0.2, -0.15) is 0 Å². The molecule has 0 saturated carbocycles. The molecule has 8 aromatic rings. The zero-order chi connectivity index (χ0) is 31.7. The topological polar surface area (TPSA) is 47.9 Å². The van der Waals surface area contributed by atoms with Gasteiger partial charge in [-0.15, -0.1) is 0 Å². The van der Waals surface area contributed by atoms with Crippen LogP contribution in [0.3, 0.4) is 0 Å². The van der Waals surface area contributed by atoms with Gasteiger partial charge in [0.2, 0.25) is 0 Å². The Morgan fingerprint density at radius 3 is 1.58 bits per heavy atom. The molecule has 2 aliphatic rings. The smallest absolute Gasteiger partial charge is 0.164 e. The fraction of sp³-hybridized carbons (Fsp3) is 0.0227. The molecule has 1 aliphatic carbocycles. The maximum Gasteiger partial charge on any atom is 0.164 e. The number of hydrogen-bond acceptors (Lipinski definition) is 4. The van der Waals surface area contributed by atoms with Crippen LogP contribution in [-0.4, -0.2) is 15.0 Å². The monoisotopic (exact) mass is 613 g/mol. The van der Waals surface area contributed by atoms with Crippen LogP contribution >= 0.6 is 0 Å². The zero-order valence-electron chi connectivity index (χ0n) is 25.8. The highest BCUT2D eigenvalue weighted by Gasteiger charge is 2.51. The number of ether oxygens (including phenoxy) is 1. The maximum absolute atomic E-state index is 6.93. The first-order valence-electron chi connectivity index (χ1n) is 16.2. The predicted molar refractivity (Wildman–Crippen MR) is 191 cm³/mol. The normalized spacial score (nSPS) is 13.3. The molecule has 2 heterocycles. The Morgan fingerprint density at radius 1 is 0.396 bits per heavy atom. The van der Waals surface area contributed by atoms with Crippen molar-refractivity contribution < 1.29 is 4.74 Å². The molecular weight excluding hydrogens is 587 g/mol. The summed E-state index contributed by atoms with van der Waals surface area (Å²) in [5.74, 6) is 3.62. The van der Waals surface area contributed by atoms with E-state index in [2.05, 4.69) is 103 Å². The summed E-state index contributed by atoms with van der Waals surface area (Å²) in [4.78, 5) is 15.1. The minimum atomic E-state index is -0.603. The third-order valence-corrected chi connectivity index (χ3v) is 9.79. The summed E-state index contributed by atoms with van der Waals surface area (Å²) in [7, 11) is 0. The van der Waals surface area contributed by atoms with Crippen LogP contribution in [0, 0.1) is 0 Å². The summed E-state index contributed by atoms with van der Waals surface area (Å²) < 4.78 is 6.93. The first kappa shape index (κ1) is 26.8. The van der Waals surface area contributed by atoms with E-state index in [-0.39, 0.29) is 0 Å². The van der Waals surface area contributed by atoms with Crippen LogP contribution in [0.25, 0.3) is 56.1 Å². The van der Waals surface area contributed by atoms with Gasteiger partial charge in [-0.3, -0.25) is 0 Å². The molecule has 0 radical (unpaired) electrons. The maximum atomic E-state index is 6.93. The quantitative estimate of drug-likeness (QED) is 0.199. The van der Waals surface area contributed by atoms with Gasteiger partial charge in [-0.05, 0) is 45.8 Å². The van der Waals surface area contributed by atoms with Crippen molar-refractivity contribution in [2.24, 2.45) is 0 Å². The van der Waals surface area contributed by atoms with Crippen LogP contribution < -0.4 is 4.74 Å². The summed E-state index contributed by atoms with van der Waals surface area (Å²) in [6, 6.07) is 57.2. The highest BCUT2D eigenvalue weighted by molar-refractivity contribution is 5.96. The molecular formula is C44H27N3O. The van der Waals surface area contributed by atoms with Crippen LogP contribution in [0.5, 0.6) is 11.5 Å². The molecule has 0 atom stereocenters. The standard InChI is InChI=1S/C44H27N3O/c1-3-14-29(15-4-1)41-45-42(30-16-5-2-6-17-30)47-43(46-41)31-24-26-39-38(27-31)44(37-25-23-28-13-7-8-18-32(28)40(37)48-39)35-21-11-9-19-33(35)34-20-10-12-22-36(34)44/h1-27H. The Hall–Kier alpha value is -6.39. The molecule has 0 amide bonds. The van der Waals surface area contributed by atoms with Crippen LogP contribution in [-0.2, 0) is 5.41 Å². The fourth-order valence-corrected chi connectivity index (χ4v) is 7.71. The Bertz CT molecular complexity index is 2440. The molecule has 1 aromatic heterocycles. The highest BCUT2D eigenvalue weighted by Crippen LogP contribution is 2.63. The summed E-state index contributed by atoms with van der Waals surface area (Å²) >= 11 is 0. The highest BCUT2D eigenvalue weighted by atomic mass is 16.5. The van der Waals surface area contributed by atoms with Crippen LogP contribution in [0.1, 0.15) is 22.3 Å². The summed E-state index contributed by atoms with van der Waals surface area (Å²) in [6.07, 6.45) is 0. The Morgan fingerprint density at radius 2 is 0.938 bits per heavy atom. The minimum absolute atomic E-state index is 0.603. The summed E-state index contributed by atoms with van der Waals surface area (Å²) in [5.41, 5.74) is 9.35. The average Bonchev–Trinajstić information content (AvgIpc) is 3.46. The molecule has 0 bridgehead atoms. The second-order valence-electron chi connectivity index (χ2n) is 12.4. The Balaban J connectivity index is 1.27. The number of aromatic nitrogens is 3. The molecule has 4 heteroatoms. The first-order chi connectivity index (χ1) is 23.8. The largest absolute Gasteiger partial charge is 0.456 e. The Labute approximate surface area is 278 Å². The molecule has 0 fully saturated rings. The van der Waals surface area contributed by atoms with Gasteiger partial charge in [0.15, 0.2) is 17.5 Å². The van der Waals surface area contributed by atoms with Crippen molar-refractivity contribution in [2.45, 2.75) is 5.41 Å². The molecule has 7 aromatic carbocycles. The van der Waals surface area contributed by atoms with Crippen molar-refractivity contribution >= 4 is 10.8 Å². The van der Waals surface area contributed by atoms with Gasteiger partial charge >= 0.3 is 0 Å². The van der Waals surface area contributed by atoms with E-state index in [0.29, 0.717) is 17.5 Å². The number of nitrogens with zero attached hydrogens (tertiary/aromatic N) is 3. The van der Waals surface area contributed by atoms with Gasteiger partial charge in [0.05, 0.1) is 5.41 Å². The second kappa shape index (κ2) is 10.3. The lowest BCUT2D eigenvalue weighted by Crippen LogP contribution is -2.32. The molecule has 0 unspecified atom stereocenters. The summed E-state index contributed by atoms with van der Waals surface area (Å²) in [5, 5.41) is 2.25. The molecule has 0 N–H and O–H groups in total. The van der Waals surface area contributed by atoms with E-state index < -0.39 is 5.41 Å². The lowest BCUT2D eigenvalue weighted by Gasteiger charge is -2.40. The van der Waals surface area contributed by atoms with E-state index in [9.17, 15) is 0 Å². The van der Waals surface area contributed by atoms with Gasteiger partial charge in [0.1, 0.15) is 11.5 Å². The molecule has 1 spiro atoms. The Kier molecular flexibility index (Phi) is 5.75. The van der Waals surface area contributed by atoms with E-state index in [1.807, 2.05) is 60.7 Å². The van der Waals surface area contributed by atoms with Crippen LogP contribution in [0.4, 0.5) is 0 Å². The van der Waals surface area contributed by atoms with Gasteiger partial charge < -0.3 is 4.74 Å². The van der Waals surface area contributed by atoms with Crippen molar-refractivity contribution in [2.75, 3.05) is 0 Å². The van der Waals surface area contributed by atoms with Gasteiger partial charge in [-0.25, -0.2) is 15.0 Å². The zero-order valence-corrected chi connectivity index (χ0v) is 25.8. The molecule has 4 nitrogen and oxygen atoms in total. The second-order valence-corrected chi connectivity index (χ2v) is 12.4. The van der Waals surface area contributed by atoms with E-state index in [1.54, 1.807) is 0 Å². The molecule has 10 rings (SSSR count). The van der Waals surface area contributed by atoms with E-state index >= 15 is 0 Å². The van der Waals surface area contributed by atoms with Crippen molar-refractivity contribution in [1.29, 1.82) is 0 Å². The molecule has 0 saturated heterocycles. The first-order valence-corrected chi connectivity index (χ1v) is 16.2. The fourth-order valence-electron chi connectivity index (χ4n) is 7.71. The third kappa shape index (κ3) is 3.80. The van der Waals surface area contributed by atoms with E-state index in [4.69, 9.17) is 19.7 Å². The van der Waals surface area contributed by atoms with Gasteiger partial charge in [-0.1, -0.05) is 146 Å².